The van der Waals surface area contributed by atoms with Crippen LogP contribution in [0.5, 0.6) is 0 Å². The molecule has 0 saturated heterocycles. The number of aromatic nitrogens is 4. The highest BCUT2D eigenvalue weighted by Gasteiger charge is 2.12. The zero-order chi connectivity index (χ0) is 15.0. The molecule has 108 valence electrons. The second-order valence-electron chi connectivity index (χ2n) is 4.38. The zero-order valence-electron chi connectivity index (χ0n) is 10.9. The van der Waals surface area contributed by atoms with Crippen molar-refractivity contribution in [3.05, 3.63) is 46.2 Å². The molecule has 5 nitrogen and oxygen atoms in total. The number of halogens is 3. The molecule has 0 fully saturated rings. The number of nitrogens with zero attached hydrogens (tertiary/aromatic N) is 4. The van der Waals surface area contributed by atoms with Gasteiger partial charge >= 0.3 is 0 Å². The van der Waals surface area contributed by atoms with Crippen LogP contribution in [-0.4, -0.2) is 26.6 Å². The van der Waals surface area contributed by atoms with Crippen LogP contribution in [0.15, 0.2) is 24.5 Å². The van der Waals surface area contributed by atoms with Gasteiger partial charge in [0.15, 0.2) is 17.0 Å². The number of imidazole rings is 1. The first-order valence-electron chi connectivity index (χ1n) is 6.08. The van der Waals surface area contributed by atoms with E-state index in [1.54, 1.807) is 24.0 Å². The first-order chi connectivity index (χ1) is 10.1. The standard InChI is InChI=1S/C13H10Cl2FN5/c1-17-11-10-12(20-13(15)19-11)21(6-18-10)5-7-2-3-8(14)9(16)4-7/h2-4,6H,5H2,1H3,(H,17,19,20). The highest BCUT2D eigenvalue weighted by molar-refractivity contribution is 6.30. The third-order valence-corrected chi connectivity index (χ3v) is 3.49. The Morgan fingerprint density at radius 1 is 1.29 bits per heavy atom. The van der Waals surface area contributed by atoms with Gasteiger partial charge in [-0.1, -0.05) is 17.7 Å². The number of fused-ring (bicyclic) bond motifs is 1. The molecule has 0 aliphatic carbocycles. The molecule has 21 heavy (non-hydrogen) atoms. The molecular weight excluding hydrogens is 316 g/mol. The largest absolute Gasteiger partial charge is 0.371 e. The summed E-state index contributed by atoms with van der Waals surface area (Å²) in [7, 11) is 1.73. The van der Waals surface area contributed by atoms with E-state index in [9.17, 15) is 4.39 Å². The topological polar surface area (TPSA) is 55.6 Å². The molecule has 3 rings (SSSR count). The molecule has 1 aromatic carbocycles. The van der Waals surface area contributed by atoms with Crippen molar-refractivity contribution in [3.63, 3.8) is 0 Å². The summed E-state index contributed by atoms with van der Waals surface area (Å²) in [5.74, 6) is 0.0909. The van der Waals surface area contributed by atoms with Crippen LogP contribution in [-0.2, 0) is 6.54 Å². The molecule has 0 amide bonds. The van der Waals surface area contributed by atoms with Gasteiger partial charge in [-0.3, -0.25) is 0 Å². The van der Waals surface area contributed by atoms with Crippen molar-refractivity contribution in [1.29, 1.82) is 0 Å². The van der Waals surface area contributed by atoms with E-state index in [0.717, 1.165) is 5.56 Å². The normalized spacial score (nSPS) is 11.0. The maximum atomic E-state index is 13.5. The van der Waals surface area contributed by atoms with Crippen LogP contribution >= 0.6 is 23.2 Å². The van der Waals surface area contributed by atoms with Crippen molar-refractivity contribution in [2.75, 3.05) is 12.4 Å². The van der Waals surface area contributed by atoms with Gasteiger partial charge in [-0.05, 0) is 29.3 Å². The quantitative estimate of drug-likeness (QED) is 0.750. The van der Waals surface area contributed by atoms with Gasteiger partial charge in [0, 0.05) is 7.05 Å². The van der Waals surface area contributed by atoms with Crippen LogP contribution in [0.3, 0.4) is 0 Å². The fourth-order valence-electron chi connectivity index (χ4n) is 2.04. The first-order valence-corrected chi connectivity index (χ1v) is 6.84. The average Bonchev–Trinajstić information content (AvgIpc) is 2.85. The Kier molecular flexibility index (Phi) is 3.65. The molecule has 0 radical (unpaired) electrons. The number of hydrogen-bond donors (Lipinski definition) is 1. The van der Waals surface area contributed by atoms with Crippen LogP contribution in [0, 0.1) is 5.82 Å². The van der Waals surface area contributed by atoms with Gasteiger partial charge < -0.3 is 9.88 Å². The van der Waals surface area contributed by atoms with E-state index < -0.39 is 5.82 Å². The molecule has 0 spiro atoms. The van der Waals surface area contributed by atoms with Gasteiger partial charge in [0.25, 0.3) is 0 Å². The Labute approximate surface area is 129 Å². The van der Waals surface area contributed by atoms with Crippen molar-refractivity contribution >= 4 is 40.2 Å². The number of benzene rings is 1. The lowest BCUT2D eigenvalue weighted by molar-refractivity contribution is 0.624. The summed E-state index contributed by atoms with van der Waals surface area (Å²) in [4.78, 5) is 12.5. The summed E-state index contributed by atoms with van der Waals surface area (Å²) in [6.45, 7) is 0.404. The molecule has 8 heteroatoms. The lowest BCUT2D eigenvalue weighted by Gasteiger charge is -2.06. The maximum absolute atomic E-state index is 13.5. The van der Waals surface area contributed by atoms with Crippen LogP contribution in [0.1, 0.15) is 5.56 Å². The summed E-state index contributed by atoms with van der Waals surface area (Å²) < 4.78 is 15.3. The van der Waals surface area contributed by atoms with Gasteiger partial charge in [-0.15, -0.1) is 0 Å². The molecule has 0 saturated carbocycles. The molecule has 0 bridgehead atoms. The van der Waals surface area contributed by atoms with Crippen LogP contribution in [0.2, 0.25) is 10.3 Å². The van der Waals surface area contributed by atoms with E-state index in [1.165, 1.54) is 12.1 Å². The number of hydrogen-bond acceptors (Lipinski definition) is 4. The minimum atomic E-state index is -0.456. The maximum Gasteiger partial charge on any atom is 0.226 e. The van der Waals surface area contributed by atoms with Gasteiger partial charge in [0.2, 0.25) is 5.28 Å². The van der Waals surface area contributed by atoms with Gasteiger partial charge in [0.1, 0.15) is 5.82 Å². The van der Waals surface area contributed by atoms with Gasteiger partial charge in [0.05, 0.1) is 17.9 Å². The summed E-state index contributed by atoms with van der Waals surface area (Å²) in [6.07, 6.45) is 1.61. The molecule has 1 N–H and O–H groups in total. The Bertz CT molecular complexity index is 818. The van der Waals surface area contributed by atoms with Crippen molar-refractivity contribution in [3.8, 4) is 0 Å². The van der Waals surface area contributed by atoms with E-state index in [1.807, 2.05) is 0 Å². The fraction of sp³-hybridized carbons (Fsp3) is 0.154. The number of nitrogens with one attached hydrogen (secondary N) is 1. The summed E-state index contributed by atoms with van der Waals surface area (Å²) in [5, 5.41) is 3.13. The summed E-state index contributed by atoms with van der Waals surface area (Å²) >= 11 is 11.6. The smallest absolute Gasteiger partial charge is 0.226 e. The van der Waals surface area contributed by atoms with Crippen LogP contribution in [0.25, 0.3) is 11.2 Å². The van der Waals surface area contributed by atoms with E-state index in [-0.39, 0.29) is 10.3 Å². The lowest BCUT2D eigenvalue weighted by atomic mass is 10.2. The predicted octanol–water partition coefficient (Wildman–Crippen LogP) is 3.36. The van der Waals surface area contributed by atoms with E-state index in [2.05, 4.69) is 20.3 Å². The van der Waals surface area contributed by atoms with Crippen molar-refractivity contribution in [1.82, 2.24) is 19.5 Å². The number of anilines is 1. The van der Waals surface area contributed by atoms with E-state index in [4.69, 9.17) is 23.2 Å². The molecule has 3 aromatic rings. The Hall–Kier alpha value is -1.92. The molecular formula is C13H10Cl2FN5. The van der Waals surface area contributed by atoms with Crippen molar-refractivity contribution < 1.29 is 4.39 Å². The average molecular weight is 326 g/mol. The highest BCUT2D eigenvalue weighted by atomic mass is 35.5. The second-order valence-corrected chi connectivity index (χ2v) is 5.13. The minimum absolute atomic E-state index is 0.0945. The third kappa shape index (κ3) is 2.64. The predicted molar refractivity (Wildman–Crippen MR) is 80.4 cm³/mol. The molecule has 0 atom stereocenters. The van der Waals surface area contributed by atoms with E-state index in [0.29, 0.717) is 23.5 Å². The van der Waals surface area contributed by atoms with Crippen molar-refractivity contribution in [2.45, 2.75) is 6.54 Å². The van der Waals surface area contributed by atoms with Gasteiger partial charge in [-0.25, -0.2) is 9.37 Å². The highest BCUT2D eigenvalue weighted by Crippen LogP contribution is 2.22. The van der Waals surface area contributed by atoms with Gasteiger partial charge in [-0.2, -0.15) is 9.97 Å². The third-order valence-electron chi connectivity index (χ3n) is 3.01. The molecule has 2 heterocycles. The van der Waals surface area contributed by atoms with Crippen molar-refractivity contribution in [2.24, 2.45) is 0 Å². The minimum Gasteiger partial charge on any atom is -0.371 e. The Morgan fingerprint density at radius 2 is 2.10 bits per heavy atom. The molecule has 2 aromatic heterocycles. The number of rotatable bonds is 3. The Balaban J connectivity index is 2.04. The summed E-state index contributed by atoms with van der Waals surface area (Å²) in [6, 6.07) is 4.65. The fourth-order valence-corrected chi connectivity index (χ4v) is 2.32. The van der Waals surface area contributed by atoms with E-state index >= 15 is 0 Å². The lowest BCUT2D eigenvalue weighted by Crippen LogP contribution is -2.02. The van der Waals surface area contributed by atoms with Crippen LogP contribution in [0.4, 0.5) is 10.2 Å². The molecule has 0 unspecified atom stereocenters. The second kappa shape index (κ2) is 5.46. The first kappa shape index (κ1) is 14.0. The summed E-state index contributed by atoms with van der Waals surface area (Å²) in [5.41, 5.74) is 1.93. The Morgan fingerprint density at radius 3 is 2.81 bits per heavy atom. The zero-order valence-corrected chi connectivity index (χ0v) is 12.5. The molecule has 0 aliphatic heterocycles. The SMILES string of the molecule is CNc1nc(Cl)nc2c1ncn2Cc1ccc(Cl)c(F)c1. The monoisotopic (exact) mass is 325 g/mol. The molecule has 0 aliphatic rings. The van der Waals surface area contributed by atoms with Crippen LogP contribution < -0.4 is 5.32 Å².